The Bertz CT molecular complexity index is 781. The average Bonchev–Trinajstić information content (AvgIpc) is 2.52. The zero-order valence-corrected chi connectivity index (χ0v) is 21.4. The molecule has 0 saturated carbocycles. The number of hydrogen-bond acceptors (Lipinski definition) is 4. The molecular weight excluding hydrogens is 462 g/mol. The largest absolute Gasteiger partial charge is 0.444 e. The Hall–Kier alpha value is -2.09. The van der Waals surface area contributed by atoms with Crippen molar-refractivity contribution in [1.82, 2.24) is 16.0 Å². The van der Waals surface area contributed by atoms with Crippen LogP contribution in [0.15, 0.2) is 28.7 Å². The molecular formula is C23H36BrN3O4. The van der Waals surface area contributed by atoms with Crippen molar-refractivity contribution in [1.29, 1.82) is 0 Å². The Morgan fingerprint density at radius 2 is 1.52 bits per heavy atom. The molecule has 2 atom stereocenters. The van der Waals surface area contributed by atoms with E-state index >= 15 is 0 Å². The first-order valence-corrected chi connectivity index (χ1v) is 11.1. The van der Waals surface area contributed by atoms with Crippen molar-refractivity contribution in [2.45, 2.75) is 91.0 Å². The molecule has 3 amide bonds. The zero-order valence-electron chi connectivity index (χ0n) is 19.8. The summed E-state index contributed by atoms with van der Waals surface area (Å²) in [5.41, 5.74) is -1.38. The zero-order chi connectivity index (χ0) is 24.0. The van der Waals surface area contributed by atoms with Gasteiger partial charge in [-0.3, -0.25) is 9.59 Å². The van der Waals surface area contributed by atoms with Crippen molar-refractivity contribution in [3.05, 3.63) is 34.3 Å². The highest BCUT2D eigenvalue weighted by atomic mass is 79.9. The van der Waals surface area contributed by atoms with Crippen LogP contribution in [0.4, 0.5) is 4.79 Å². The van der Waals surface area contributed by atoms with Crippen molar-refractivity contribution < 1.29 is 19.1 Å². The normalized spacial score (nSPS) is 14.7. The summed E-state index contributed by atoms with van der Waals surface area (Å²) in [4.78, 5) is 37.5. The fourth-order valence-electron chi connectivity index (χ4n) is 3.11. The highest BCUT2D eigenvalue weighted by Gasteiger charge is 2.39. The summed E-state index contributed by atoms with van der Waals surface area (Å²) in [6, 6.07) is 7.26. The number of carbonyl (C=O) groups excluding carboxylic acids is 3. The van der Waals surface area contributed by atoms with Gasteiger partial charge in [0.25, 0.3) is 0 Å². The van der Waals surface area contributed by atoms with E-state index < -0.39 is 28.8 Å². The maximum Gasteiger partial charge on any atom is 0.407 e. The predicted molar refractivity (Wildman–Crippen MR) is 126 cm³/mol. The molecule has 1 unspecified atom stereocenters. The number of hydrogen-bond donors (Lipinski definition) is 3. The van der Waals surface area contributed by atoms with Crippen LogP contribution in [0.3, 0.4) is 0 Å². The minimum absolute atomic E-state index is 0.184. The number of ether oxygens (including phenoxy) is 1. The molecule has 0 radical (unpaired) electrons. The maximum atomic E-state index is 13.1. The molecule has 7 nitrogen and oxygen atoms in total. The van der Waals surface area contributed by atoms with Crippen LogP contribution in [0.1, 0.15) is 67.4 Å². The van der Waals surface area contributed by atoms with Gasteiger partial charge in [-0.1, -0.05) is 28.1 Å². The van der Waals surface area contributed by atoms with Crippen LogP contribution in [0.2, 0.25) is 0 Å². The Labute approximate surface area is 194 Å². The van der Waals surface area contributed by atoms with Gasteiger partial charge in [0.2, 0.25) is 11.8 Å². The van der Waals surface area contributed by atoms with E-state index in [1.165, 1.54) is 6.92 Å². The van der Waals surface area contributed by atoms with Gasteiger partial charge >= 0.3 is 6.09 Å². The van der Waals surface area contributed by atoms with Gasteiger partial charge < -0.3 is 20.7 Å². The lowest BCUT2D eigenvalue weighted by atomic mass is 9.88. The van der Waals surface area contributed by atoms with E-state index in [1.54, 1.807) is 27.7 Å². The van der Waals surface area contributed by atoms with Crippen LogP contribution in [0.5, 0.6) is 0 Å². The Morgan fingerprint density at radius 3 is 1.97 bits per heavy atom. The van der Waals surface area contributed by atoms with Crippen molar-refractivity contribution >= 4 is 33.8 Å². The summed E-state index contributed by atoms with van der Waals surface area (Å²) < 4.78 is 6.36. The second-order valence-corrected chi connectivity index (χ2v) is 11.0. The molecule has 0 aliphatic carbocycles. The van der Waals surface area contributed by atoms with Gasteiger partial charge in [0.15, 0.2) is 0 Å². The van der Waals surface area contributed by atoms with Crippen molar-refractivity contribution in [3.8, 4) is 0 Å². The molecule has 1 aromatic carbocycles. The van der Waals surface area contributed by atoms with Crippen LogP contribution in [-0.4, -0.2) is 40.6 Å². The molecule has 174 valence electrons. The molecule has 0 aliphatic heterocycles. The monoisotopic (exact) mass is 497 g/mol. The van der Waals surface area contributed by atoms with E-state index in [0.717, 1.165) is 10.0 Å². The number of rotatable bonds is 7. The summed E-state index contributed by atoms with van der Waals surface area (Å²) in [7, 11) is 0. The summed E-state index contributed by atoms with van der Waals surface area (Å²) in [6.07, 6.45) is 0.0740. The molecule has 0 fully saturated rings. The predicted octanol–water partition coefficient (Wildman–Crippen LogP) is 4.08. The SMILES string of the molecule is CC(=O)NC(C)(C[C@@H](Cc1ccc(Br)cc1)NC(=O)OC(C)(C)C)C(=O)NC(C)(C)C. The van der Waals surface area contributed by atoms with Crippen molar-refractivity contribution in [2.24, 2.45) is 0 Å². The molecule has 0 spiro atoms. The number of alkyl carbamates (subject to hydrolysis) is 1. The summed E-state index contributed by atoms with van der Waals surface area (Å²) in [5.74, 6) is -0.645. The van der Waals surface area contributed by atoms with Crippen LogP contribution < -0.4 is 16.0 Å². The highest BCUT2D eigenvalue weighted by Crippen LogP contribution is 2.20. The second-order valence-electron chi connectivity index (χ2n) is 10.1. The molecule has 0 aliphatic rings. The van der Waals surface area contributed by atoms with Gasteiger partial charge in [0.1, 0.15) is 11.1 Å². The van der Waals surface area contributed by atoms with Crippen LogP contribution in [0.25, 0.3) is 0 Å². The fourth-order valence-corrected chi connectivity index (χ4v) is 3.38. The fraction of sp³-hybridized carbons (Fsp3) is 0.609. The molecule has 1 rings (SSSR count). The lowest BCUT2D eigenvalue weighted by molar-refractivity contribution is -0.133. The second kappa shape index (κ2) is 10.5. The summed E-state index contributed by atoms with van der Waals surface area (Å²) in [6.45, 7) is 14.0. The Morgan fingerprint density at radius 1 is 0.968 bits per heavy atom. The minimum Gasteiger partial charge on any atom is -0.444 e. The van der Waals surface area contributed by atoms with Crippen LogP contribution >= 0.6 is 15.9 Å². The molecule has 0 heterocycles. The van der Waals surface area contributed by atoms with E-state index in [9.17, 15) is 14.4 Å². The summed E-state index contributed by atoms with van der Waals surface area (Å²) in [5, 5.41) is 8.58. The standard InChI is InChI=1S/C23H36BrN3O4/c1-15(28)26-23(8,19(29)27-21(2,3)4)14-18(25-20(30)31-22(5,6)7)13-16-9-11-17(24)12-10-16/h9-12,18H,13-14H2,1-8H3,(H,25,30)(H,26,28)(H,27,29)/t18-,23?/m1/s1. The van der Waals surface area contributed by atoms with Gasteiger partial charge in [-0.05, 0) is 79.0 Å². The van der Waals surface area contributed by atoms with E-state index in [4.69, 9.17) is 4.74 Å². The van der Waals surface area contributed by atoms with Crippen molar-refractivity contribution in [3.63, 3.8) is 0 Å². The number of halogens is 1. The third kappa shape index (κ3) is 10.7. The quantitative estimate of drug-likeness (QED) is 0.528. The molecule has 0 saturated heterocycles. The first-order valence-electron chi connectivity index (χ1n) is 10.3. The number of carbonyl (C=O) groups is 3. The van der Waals surface area contributed by atoms with Crippen molar-refractivity contribution in [2.75, 3.05) is 0 Å². The van der Waals surface area contributed by atoms with E-state index in [-0.39, 0.29) is 18.2 Å². The van der Waals surface area contributed by atoms with E-state index in [2.05, 4.69) is 31.9 Å². The molecule has 3 N–H and O–H groups in total. The molecule has 0 bridgehead atoms. The number of amides is 3. The number of nitrogens with one attached hydrogen (secondary N) is 3. The average molecular weight is 498 g/mol. The first-order chi connectivity index (χ1) is 14.0. The van der Waals surface area contributed by atoms with Gasteiger partial charge in [0, 0.05) is 23.0 Å². The highest BCUT2D eigenvalue weighted by molar-refractivity contribution is 9.10. The Balaban J connectivity index is 3.18. The van der Waals surface area contributed by atoms with E-state index in [1.807, 2.05) is 45.0 Å². The third-order valence-corrected chi connectivity index (χ3v) is 4.74. The van der Waals surface area contributed by atoms with Gasteiger partial charge in [0.05, 0.1) is 0 Å². The molecule has 8 heteroatoms. The minimum atomic E-state index is -1.23. The topological polar surface area (TPSA) is 96.5 Å². The maximum absolute atomic E-state index is 13.1. The molecule has 31 heavy (non-hydrogen) atoms. The third-order valence-electron chi connectivity index (χ3n) is 4.21. The lowest BCUT2D eigenvalue weighted by Crippen LogP contribution is -2.62. The van der Waals surface area contributed by atoms with Crippen LogP contribution in [0, 0.1) is 0 Å². The lowest BCUT2D eigenvalue weighted by Gasteiger charge is -2.36. The first kappa shape index (κ1) is 26.9. The van der Waals surface area contributed by atoms with E-state index in [0.29, 0.717) is 6.42 Å². The van der Waals surface area contributed by atoms with Gasteiger partial charge in [-0.2, -0.15) is 0 Å². The molecule has 1 aromatic rings. The van der Waals surface area contributed by atoms with Gasteiger partial charge in [-0.25, -0.2) is 4.79 Å². The molecule has 0 aromatic heterocycles. The number of benzene rings is 1. The Kier molecular flexibility index (Phi) is 9.11. The van der Waals surface area contributed by atoms with Crippen LogP contribution in [-0.2, 0) is 20.7 Å². The summed E-state index contributed by atoms with van der Waals surface area (Å²) >= 11 is 3.42. The van der Waals surface area contributed by atoms with Gasteiger partial charge in [-0.15, -0.1) is 0 Å². The smallest absolute Gasteiger partial charge is 0.407 e.